The van der Waals surface area contributed by atoms with E-state index in [4.69, 9.17) is 0 Å². The molecule has 182 valence electrons. The number of hydrogen-bond donors (Lipinski definition) is 2. The highest BCUT2D eigenvalue weighted by atomic mass is 32.2. The van der Waals surface area contributed by atoms with E-state index in [1.165, 1.54) is 12.6 Å². The Bertz CT molecular complexity index is 1460. The quantitative estimate of drug-likeness (QED) is 0.577. The normalized spacial score (nSPS) is 16.5. The Labute approximate surface area is 204 Å². The van der Waals surface area contributed by atoms with Crippen LogP contribution >= 0.6 is 0 Å². The maximum absolute atomic E-state index is 13.3. The molecule has 9 heteroatoms. The molecule has 2 aromatic carbocycles. The average Bonchev–Trinajstić information content (AvgIpc) is 3.42. The Morgan fingerprint density at radius 2 is 1.86 bits per heavy atom. The summed E-state index contributed by atoms with van der Waals surface area (Å²) in [6.45, 7) is 2.72. The molecule has 0 unspecified atom stereocenters. The number of anilines is 1. The van der Waals surface area contributed by atoms with E-state index in [1.54, 1.807) is 29.2 Å². The van der Waals surface area contributed by atoms with Crippen LogP contribution in [0.15, 0.2) is 58.5 Å². The van der Waals surface area contributed by atoms with Crippen molar-refractivity contribution in [3.8, 4) is 11.1 Å². The zero-order valence-corrected chi connectivity index (χ0v) is 20.6. The highest BCUT2D eigenvalue weighted by Gasteiger charge is 2.46. The maximum Gasteiger partial charge on any atom is 0.322 e. The van der Waals surface area contributed by atoms with Crippen molar-refractivity contribution < 1.29 is 13.2 Å². The van der Waals surface area contributed by atoms with Gasteiger partial charge in [0.2, 0.25) is 0 Å². The van der Waals surface area contributed by atoms with Crippen molar-refractivity contribution in [2.45, 2.75) is 49.5 Å². The molecule has 1 aliphatic heterocycles. The molecule has 35 heavy (non-hydrogen) atoms. The fourth-order valence-electron chi connectivity index (χ4n) is 5.44. The number of H-pyrrole nitrogens is 1. The average molecular weight is 493 g/mol. The number of nitrogens with one attached hydrogen (secondary N) is 2. The summed E-state index contributed by atoms with van der Waals surface area (Å²) in [5, 5.41) is 2.98. The Kier molecular flexibility index (Phi) is 5.75. The lowest BCUT2D eigenvalue weighted by Gasteiger charge is -2.25. The predicted octanol–water partition coefficient (Wildman–Crippen LogP) is 3.69. The van der Waals surface area contributed by atoms with Crippen LogP contribution in [0.5, 0.6) is 0 Å². The number of hydrogen-bond acceptors (Lipinski definition) is 5. The minimum atomic E-state index is -3.26. The van der Waals surface area contributed by atoms with Crippen molar-refractivity contribution in [1.82, 2.24) is 15.3 Å². The van der Waals surface area contributed by atoms with Gasteiger partial charge in [0.25, 0.3) is 5.56 Å². The highest BCUT2D eigenvalue weighted by molar-refractivity contribution is 7.90. The highest BCUT2D eigenvalue weighted by Crippen LogP contribution is 2.51. The van der Waals surface area contributed by atoms with Crippen LogP contribution in [0.2, 0.25) is 0 Å². The first kappa shape index (κ1) is 23.3. The number of carbonyl (C=O) groups is 1. The molecule has 1 fully saturated rings. The lowest BCUT2D eigenvalue weighted by molar-refractivity contribution is 0.245. The molecule has 1 saturated carbocycles. The molecule has 3 aromatic rings. The van der Waals surface area contributed by atoms with Crippen molar-refractivity contribution in [1.29, 1.82) is 0 Å². The first-order valence-electron chi connectivity index (χ1n) is 11.7. The fourth-order valence-corrected chi connectivity index (χ4v) is 6.07. The minimum absolute atomic E-state index is 0.108. The third-order valence-corrected chi connectivity index (χ3v) is 8.38. The zero-order valence-electron chi connectivity index (χ0n) is 19.8. The molecule has 2 amide bonds. The molecule has 0 radical (unpaired) electrons. The number of urea groups is 1. The molecule has 0 bridgehead atoms. The van der Waals surface area contributed by atoms with Crippen LogP contribution < -0.4 is 15.8 Å². The van der Waals surface area contributed by atoms with Gasteiger partial charge in [-0.15, -0.1) is 0 Å². The number of aromatic nitrogens is 2. The third-order valence-electron chi connectivity index (χ3n) is 7.25. The molecule has 0 atom stereocenters. The van der Waals surface area contributed by atoms with E-state index in [0.29, 0.717) is 24.3 Å². The summed E-state index contributed by atoms with van der Waals surface area (Å²) in [5.41, 5.74) is 4.57. The standard InChI is InChI=1S/C26H28N4O4S/c1-17-23(24(31)29-16-28-17)19-7-10-22-21(13-19)26(11-3-4-12-26)15-30(22)25(32)27-14-18-5-8-20(9-6-18)35(2,33)34/h5-10,13,16H,3-4,11-12,14-15H2,1-2H3,(H,27,32)(H,28,29,31). The van der Waals surface area contributed by atoms with Gasteiger partial charge in [0, 0.05) is 30.4 Å². The van der Waals surface area contributed by atoms with Crippen LogP contribution in [-0.4, -0.2) is 37.2 Å². The van der Waals surface area contributed by atoms with Crippen LogP contribution in [-0.2, 0) is 21.8 Å². The van der Waals surface area contributed by atoms with Crippen molar-refractivity contribution in [2.24, 2.45) is 0 Å². The van der Waals surface area contributed by atoms with Crippen LogP contribution in [0.4, 0.5) is 10.5 Å². The van der Waals surface area contributed by atoms with E-state index in [-0.39, 0.29) is 21.9 Å². The van der Waals surface area contributed by atoms with E-state index in [0.717, 1.165) is 48.1 Å². The van der Waals surface area contributed by atoms with Crippen LogP contribution in [0.25, 0.3) is 11.1 Å². The largest absolute Gasteiger partial charge is 0.334 e. The number of sulfone groups is 1. The number of benzene rings is 2. The molecule has 2 heterocycles. The summed E-state index contributed by atoms with van der Waals surface area (Å²) in [6.07, 6.45) is 6.81. The second kappa shape index (κ2) is 8.64. The number of aryl methyl sites for hydroxylation is 1. The van der Waals surface area contributed by atoms with Gasteiger partial charge in [0.1, 0.15) is 0 Å². The number of fused-ring (bicyclic) bond motifs is 2. The van der Waals surface area contributed by atoms with E-state index in [1.807, 2.05) is 19.1 Å². The van der Waals surface area contributed by atoms with Gasteiger partial charge in [-0.1, -0.05) is 31.0 Å². The molecule has 0 saturated heterocycles. The van der Waals surface area contributed by atoms with Gasteiger partial charge in [0.05, 0.1) is 22.5 Å². The smallest absolute Gasteiger partial charge is 0.322 e. The summed E-state index contributed by atoms with van der Waals surface area (Å²) < 4.78 is 23.4. The summed E-state index contributed by atoms with van der Waals surface area (Å²) in [5.74, 6) is 0. The van der Waals surface area contributed by atoms with Crippen LogP contribution in [0.1, 0.15) is 42.5 Å². The summed E-state index contributed by atoms with van der Waals surface area (Å²) in [7, 11) is -3.26. The Morgan fingerprint density at radius 1 is 1.14 bits per heavy atom. The van der Waals surface area contributed by atoms with Gasteiger partial charge in [0.15, 0.2) is 9.84 Å². The molecular weight excluding hydrogens is 464 g/mol. The number of aromatic amines is 1. The van der Waals surface area contributed by atoms with Gasteiger partial charge in [-0.2, -0.15) is 0 Å². The molecular formula is C26H28N4O4S. The lowest BCUT2D eigenvalue weighted by atomic mass is 9.80. The summed E-state index contributed by atoms with van der Waals surface area (Å²) in [4.78, 5) is 34.8. The Balaban J connectivity index is 1.42. The Hall–Kier alpha value is -3.46. The first-order valence-corrected chi connectivity index (χ1v) is 13.6. The number of rotatable bonds is 4. The number of nitrogens with zero attached hydrogens (tertiary/aromatic N) is 2. The molecule has 1 aliphatic carbocycles. The summed E-state index contributed by atoms with van der Waals surface area (Å²) in [6, 6.07) is 12.2. The molecule has 2 N–H and O–H groups in total. The topological polar surface area (TPSA) is 112 Å². The Morgan fingerprint density at radius 3 is 2.51 bits per heavy atom. The van der Waals surface area contributed by atoms with E-state index < -0.39 is 9.84 Å². The monoisotopic (exact) mass is 492 g/mol. The van der Waals surface area contributed by atoms with Crippen molar-refractivity contribution in [2.75, 3.05) is 17.7 Å². The number of amides is 2. The zero-order chi connectivity index (χ0) is 24.8. The first-order chi connectivity index (χ1) is 16.7. The minimum Gasteiger partial charge on any atom is -0.334 e. The molecule has 8 nitrogen and oxygen atoms in total. The SMILES string of the molecule is Cc1nc[nH]c(=O)c1-c1ccc2c(c1)C1(CCCC1)CN2C(=O)NCc1ccc(S(C)(=O)=O)cc1. The van der Waals surface area contributed by atoms with Crippen molar-refractivity contribution >= 4 is 21.6 Å². The fraction of sp³-hybridized carbons (Fsp3) is 0.346. The molecule has 2 aliphatic rings. The number of carbonyl (C=O) groups excluding carboxylic acids is 1. The van der Waals surface area contributed by atoms with E-state index in [9.17, 15) is 18.0 Å². The second-order valence-corrected chi connectivity index (χ2v) is 11.6. The van der Waals surface area contributed by atoms with E-state index >= 15 is 0 Å². The molecule has 1 aromatic heterocycles. The van der Waals surface area contributed by atoms with Gasteiger partial charge in [-0.25, -0.2) is 18.2 Å². The summed E-state index contributed by atoms with van der Waals surface area (Å²) >= 11 is 0. The van der Waals surface area contributed by atoms with Gasteiger partial charge < -0.3 is 10.3 Å². The molecule has 5 rings (SSSR count). The van der Waals surface area contributed by atoms with Gasteiger partial charge in [-0.3, -0.25) is 9.69 Å². The lowest BCUT2D eigenvalue weighted by Crippen LogP contribution is -2.41. The maximum atomic E-state index is 13.3. The predicted molar refractivity (Wildman–Crippen MR) is 134 cm³/mol. The van der Waals surface area contributed by atoms with Gasteiger partial charge >= 0.3 is 6.03 Å². The third kappa shape index (κ3) is 4.25. The van der Waals surface area contributed by atoms with Crippen LogP contribution in [0.3, 0.4) is 0 Å². The van der Waals surface area contributed by atoms with Crippen LogP contribution in [0, 0.1) is 6.92 Å². The van der Waals surface area contributed by atoms with Gasteiger partial charge in [-0.05, 0) is 60.7 Å². The second-order valence-electron chi connectivity index (χ2n) is 9.57. The van der Waals surface area contributed by atoms with E-state index in [2.05, 4.69) is 21.4 Å². The van der Waals surface area contributed by atoms with Crippen molar-refractivity contribution in [3.63, 3.8) is 0 Å². The van der Waals surface area contributed by atoms with Crippen molar-refractivity contribution in [3.05, 3.63) is 76.0 Å². The molecule has 1 spiro atoms.